The number of para-hydroxylation sites is 3. The van der Waals surface area contributed by atoms with Crippen molar-refractivity contribution in [3.8, 4) is 5.75 Å². The molecule has 0 spiro atoms. The normalized spacial score (nSPS) is 11.6. The number of hydrogen-bond acceptors (Lipinski definition) is 4. The van der Waals surface area contributed by atoms with Crippen LogP contribution in [0, 0.1) is 0 Å². The molecule has 3 aromatic carbocycles. The fourth-order valence-electron chi connectivity index (χ4n) is 3.54. The first-order valence-corrected chi connectivity index (χ1v) is 9.57. The maximum Gasteiger partial charge on any atom is 0.374 e. The first kappa shape index (κ1) is 17.9. The molecule has 0 saturated carbocycles. The van der Waals surface area contributed by atoms with Gasteiger partial charge in [0.25, 0.3) is 5.52 Å². The summed E-state index contributed by atoms with van der Waals surface area (Å²) in [4.78, 5) is 12.8. The van der Waals surface area contributed by atoms with Gasteiger partial charge in [-0.05, 0) is 24.3 Å². The largest absolute Gasteiger partial charge is 0.504 e. The lowest BCUT2D eigenvalue weighted by atomic mass is 10.1. The number of phenols is 1. The van der Waals surface area contributed by atoms with Gasteiger partial charge < -0.3 is 13.9 Å². The molecule has 1 N–H and O–H groups in total. The molecule has 0 aliphatic rings. The maximum absolute atomic E-state index is 12.8. The summed E-state index contributed by atoms with van der Waals surface area (Å²) in [6.07, 6.45) is 4.80. The lowest BCUT2D eigenvalue weighted by Crippen LogP contribution is -2.35. The van der Waals surface area contributed by atoms with Crippen molar-refractivity contribution in [3.63, 3.8) is 0 Å². The highest BCUT2D eigenvalue weighted by atomic mass is 16.4. The van der Waals surface area contributed by atoms with Crippen molar-refractivity contribution in [2.24, 2.45) is 0 Å². The third-order valence-corrected chi connectivity index (χ3v) is 5.03. The fraction of sp³-hybridized carbons (Fsp3) is 0.0400. The molecular weight excluding hydrogens is 378 g/mol. The van der Waals surface area contributed by atoms with Gasteiger partial charge in [0, 0.05) is 11.6 Å². The molecule has 146 valence electrons. The van der Waals surface area contributed by atoms with Gasteiger partial charge in [-0.1, -0.05) is 48.5 Å². The van der Waals surface area contributed by atoms with E-state index in [-0.39, 0.29) is 16.8 Å². The van der Waals surface area contributed by atoms with Crippen molar-refractivity contribution in [2.75, 3.05) is 0 Å². The van der Waals surface area contributed by atoms with Crippen LogP contribution >= 0.6 is 0 Å². The van der Waals surface area contributed by atoms with Gasteiger partial charge in [0.15, 0.2) is 23.3 Å². The zero-order valence-corrected chi connectivity index (χ0v) is 16.0. The van der Waals surface area contributed by atoms with Crippen molar-refractivity contribution in [1.29, 1.82) is 0 Å². The van der Waals surface area contributed by atoms with E-state index in [1.165, 1.54) is 12.3 Å². The summed E-state index contributed by atoms with van der Waals surface area (Å²) in [6, 6.07) is 22.7. The SMILES string of the molecule is O=c1c(/C=C/c2oc3ccccc3[n+]2Cc2ccccc2)coc2c(O)cccc12. The molecule has 0 unspecified atom stereocenters. The number of hydrogen-bond donors (Lipinski definition) is 1. The van der Waals surface area contributed by atoms with Crippen LogP contribution in [0.3, 0.4) is 0 Å². The Balaban J connectivity index is 1.59. The Labute approximate surface area is 171 Å². The van der Waals surface area contributed by atoms with Crippen LogP contribution in [0.5, 0.6) is 5.75 Å². The van der Waals surface area contributed by atoms with Crippen LogP contribution in [0.4, 0.5) is 0 Å². The summed E-state index contributed by atoms with van der Waals surface area (Å²) in [5.41, 5.74) is 3.22. The van der Waals surface area contributed by atoms with Crippen molar-refractivity contribution >= 4 is 34.2 Å². The molecule has 0 fully saturated rings. The van der Waals surface area contributed by atoms with E-state index < -0.39 is 0 Å². The van der Waals surface area contributed by atoms with E-state index in [1.54, 1.807) is 24.3 Å². The Morgan fingerprint density at radius 3 is 2.57 bits per heavy atom. The molecule has 0 aliphatic carbocycles. The third kappa shape index (κ3) is 3.16. The highest BCUT2D eigenvalue weighted by Gasteiger charge is 2.20. The molecule has 5 nitrogen and oxygen atoms in total. The van der Waals surface area contributed by atoms with Crippen LogP contribution in [-0.2, 0) is 6.54 Å². The number of benzene rings is 3. The first-order valence-electron chi connectivity index (χ1n) is 9.57. The monoisotopic (exact) mass is 396 g/mol. The van der Waals surface area contributed by atoms with Gasteiger partial charge in [-0.25, -0.2) is 0 Å². The van der Waals surface area contributed by atoms with Gasteiger partial charge in [-0.15, -0.1) is 0 Å². The molecule has 2 aromatic heterocycles. The number of nitrogens with zero attached hydrogens (tertiary/aromatic N) is 1. The Hall–Kier alpha value is -4.12. The van der Waals surface area contributed by atoms with Gasteiger partial charge in [-0.2, -0.15) is 4.57 Å². The van der Waals surface area contributed by atoms with Crippen molar-refractivity contribution in [2.45, 2.75) is 6.54 Å². The number of fused-ring (bicyclic) bond motifs is 2. The van der Waals surface area contributed by atoms with Crippen LogP contribution in [0.15, 0.2) is 92.7 Å². The molecule has 5 rings (SSSR count). The van der Waals surface area contributed by atoms with Crippen LogP contribution in [0.25, 0.3) is 34.2 Å². The van der Waals surface area contributed by atoms with E-state index in [2.05, 4.69) is 16.7 Å². The Bertz CT molecular complexity index is 1450. The standard InChI is InChI=1S/C25H17NO4/c27-21-11-6-9-19-24(28)18(16-29-25(19)21)13-14-23-26(15-17-7-2-1-3-8-17)20-10-4-5-12-22(20)30-23/h1-14,16H,15H2/p+1/b14-13+. The van der Waals surface area contributed by atoms with E-state index in [0.717, 1.165) is 16.7 Å². The summed E-state index contributed by atoms with van der Waals surface area (Å²) < 4.78 is 13.6. The third-order valence-electron chi connectivity index (χ3n) is 5.03. The van der Waals surface area contributed by atoms with Gasteiger partial charge >= 0.3 is 5.89 Å². The summed E-state index contributed by atoms with van der Waals surface area (Å²) in [6.45, 7) is 0.637. The van der Waals surface area contributed by atoms with Crippen LogP contribution in [-0.4, -0.2) is 5.11 Å². The lowest BCUT2D eigenvalue weighted by molar-refractivity contribution is -0.669. The van der Waals surface area contributed by atoms with Crippen LogP contribution in [0.1, 0.15) is 17.0 Å². The molecule has 0 bridgehead atoms. The summed E-state index contributed by atoms with van der Waals surface area (Å²) >= 11 is 0. The second-order valence-corrected chi connectivity index (χ2v) is 6.99. The highest BCUT2D eigenvalue weighted by molar-refractivity contribution is 5.84. The molecule has 0 radical (unpaired) electrons. The average molecular weight is 396 g/mol. The molecular formula is C25H18NO4+. The quantitative estimate of drug-likeness (QED) is 0.445. The minimum absolute atomic E-state index is 0.0573. The van der Waals surface area contributed by atoms with E-state index in [1.807, 2.05) is 42.5 Å². The summed E-state index contributed by atoms with van der Waals surface area (Å²) in [7, 11) is 0. The minimum atomic E-state index is -0.214. The average Bonchev–Trinajstić information content (AvgIpc) is 3.12. The zero-order chi connectivity index (χ0) is 20.5. The Morgan fingerprint density at radius 2 is 1.70 bits per heavy atom. The lowest BCUT2D eigenvalue weighted by Gasteiger charge is -2.00. The molecule has 2 heterocycles. The fourth-order valence-corrected chi connectivity index (χ4v) is 3.54. The van der Waals surface area contributed by atoms with Crippen molar-refractivity contribution in [3.05, 3.63) is 106 Å². The second-order valence-electron chi connectivity index (χ2n) is 6.99. The first-order chi connectivity index (χ1) is 14.7. The van der Waals surface area contributed by atoms with E-state index >= 15 is 0 Å². The maximum atomic E-state index is 12.8. The van der Waals surface area contributed by atoms with E-state index in [0.29, 0.717) is 23.4 Å². The van der Waals surface area contributed by atoms with Crippen molar-refractivity contribution < 1.29 is 18.5 Å². The van der Waals surface area contributed by atoms with E-state index in [9.17, 15) is 9.90 Å². The topological polar surface area (TPSA) is 67.5 Å². The smallest absolute Gasteiger partial charge is 0.374 e. The molecule has 0 atom stereocenters. The highest BCUT2D eigenvalue weighted by Crippen LogP contribution is 2.23. The Kier molecular flexibility index (Phi) is 4.41. The van der Waals surface area contributed by atoms with Crippen LogP contribution < -0.4 is 10.00 Å². The number of rotatable bonds is 4. The molecule has 0 saturated heterocycles. The van der Waals surface area contributed by atoms with Gasteiger partial charge in [0.2, 0.25) is 5.58 Å². The predicted octanol–water partition coefficient (Wildman–Crippen LogP) is 4.75. The van der Waals surface area contributed by atoms with Gasteiger partial charge in [0.1, 0.15) is 6.26 Å². The molecule has 0 aliphatic heterocycles. The molecule has 5 aromatic rings. The van der Waals surface area contributed by atoms with Gasteiger partial charge in [-0.3, -0.25) is 4.79 Å². The number of aromatic hydroxyl groups is 1. The van der Waals surface area contributed by atoms with Crippen molar-refractivity contribution in [1.82, 2.24) is 0 Å². The number of phenolic OH excluding ortho intramolecular Hbond substituents is 1. The van der Waals surface area contributed by atoms with E-state index in [4.69, 9.17) is 8.83 Å². The summed E-state index contributed by atoms with van der Waals surface area (Å²) in [5, 5.41) is 10.2. The molecule has 30 heavy (non-hydrogen) atoms. The Morgan fingerprint density at radius 1 is 0.900 bits per heavy atom. The predicted molar refractivity (Wildman–Crippen MR) is 115 cm³/mol. The van der Waals surface area contributed by atoms with Gasteiger partial charge in [0.05, 0.1) is 17.0 Å². The number of aromatic nitrogens is 1. The molecule has 5 heteroatoms. The second kappa shape index (κ2) is 7.37. The van der Waals surface area contributed by atoms with Crippen LogP contribution in [0.2, 0.25) is 0 Å². The molecule has 0 amide bonds. The minimum Gasteiger partial charge on any atom is -0.504 e. The number of oxazole rings is 1. The zero-order valence-electron chi connectivity index (χ0n) is 16.0. The summed E-state index contributed by atoms with van der Waals surface area (Å²) in [5.74, 6) is 0.563.